The summed E-state index contributed by atoms with van der Waals surface area (Å²) in [6, 6.07) is 7.46. The second-order valence-electron chi connectivity index (χ2n) is 5.08. The first kappa shape index (κ1) is 13.5. The Morgan fingerprint density at radius 2 is 2.33 bits per heavy atom. The molecule has 1 aliphatic rings. The average molecular weight is 251 g/mol. The van der Waals surface area contributed by atoms with Crippen LogP contribution in [0.1, 0.15) is 12.0 Å². The second kappa shape index (κ2) is 6.27. The molecule has 3 nitrogen and oxygen atoms in total. The number of likely N-dealkylation sites (tertiary alicyclic amines) is 1. The van der Waals surface area contributed by atoms with E-state index in [0.29, 0.717) is 12.6 Å². The van der Waals surface area contributed by atoms with Gasteiger partial charge in [-0.1, -0.05) is 12.1 Å². The van der Waals surface area contributed by atoms with Gasteiger partial charge in [0.1, 0.15) is 5.82 Å². The predicted octanol–water partition coefficient (Wildman–Crippen LogP) is 1.29. The van der Waals surface area contributed by atoms with Crippen LogP contribution in [0.3, 0.4) is 0 Å². The Morgan fingerprint density at radius 3 is 3.06 bits per heavy atom. The third kappa shape index (κ3) is 3.51. The van der Waals surface area contributed by atoms with Gasteiger partial charge in [0.25, 0.3) is 0 Å². The van der Waals surface area contributed by atoms with Gasteiger partial charge in [0.15, 0.2) is 0 Å². The molecular formula is C14H22FN3. The molecule has 1 atom stereocenters. The summed E-state index contributed by atoms with van der Waals surface area (Å²) in [6.07, 6.45) is 1.17. The Labute approximate surface area is 108 Å². The standard InChI is InChI=1S/C14H22FN3/c1-17(8-6-16)14-5-7-18(11-14)10-12-3-2-4-13(15)9-12/h2-4,9,14H,5-8,10-11,16H2,1H3. The van der Waals surface area contributed by atoms with E-state index in [9.17, 15) is 4.39 Å². The van der Waals surface area contributed by atoms with E-state index in [1.54, 1.807) is 12.1 Å². The minimum absolute atomic E-state index is 0.150. The van der Waals surface area contributed by atoms with Crippen LogP contribution in [0.4, 0.5) is 4.39 Å². The molecule has 1 aliphatic heterocycles. The van der Waals surface area contributed by atoms with Crippen LogP contribution in [0, 0.1) is 5.82 Å². The molecule has 1 aromatic carbocycles. The van der Waals surface area contributed by atoms with E-state index in [1.807, 2.05) is 6.07 Å². The van der Waals surface area contributed by atoms with Crippen LogP contribution in [0.2, 0.25) is 0 Å². The molecule has 1 saturated heterocycles. The number of nitrogens with zero attached hydrogens (tertiary/aromatic N) is 2. The molecule has 2 rings (SSSR count). The molecule has 0 amide bonds. The van der Waals surface area contributed by atoms with Gasteiger partial charge in [-0.05, 0) is 31.2 Å². The SMILES string of the molecule is CN(CCN)C1CCN(Cc2cccc(F)c2)C1. The summed E-state index contributed by atoms with van der Waals surface area (Å²) in [5.74, 6) is -0.150. The number of halogens is 1. The zero-order chi connectivity index (χ0) is 13.0. The molecule has 0 saturated carbocycles. The lowest BCUT2D eigenvalue weighted by atomic mass is 10.2. The van der Waals surface area contributed by atoms with Gasteiger partial charge < -0.3 is 10.6 Å². The van der Waals surface area contributed by atoms with E-state index < -0.39 is 0 Å². The molecule has 0 radical (unpaired) electrons. The van der Waals surface area contributed by atoms with Crippen molar-refractivity contribution in [3.8, 4) is 0 Å². The summed E-state index contributed by atoms with van der Waals surface area (Å²) in [7, 11) is 2.13. The number of likely N-dealkylation sites (N-methyl/N-ethyl adjacent to an activating group) is 1. The Morgan fingerprint density at radius 1 is 1.50 bits per heavy atom. The van der Waals surface area contributed by atoms with Crippen LogP contribution in [0.15, 0.2) is 24.3 Å². The highest BCUT2D eigenvalue weighted by Gasteiger charge is 2.25. The quantitative estimate of drug-likeness (QED) is 0.856. The number of rotatable bonds is 5. The molecule has 18 heavy (non-hydrogen) atoms. The average Bonchev–Trinajstić information content (AvgIpc) is 2.78. The third-order valence-corrected chi connectivity index (χ3v) is 3.65. The molecule has 1 fully saturated rings. The van der Waals surface area contributed by atoms with Crippen molar-refractivity contribution >= 4 is 0 Å². The van der Waals surface area contributed by atoms with Gasteiger partial charge in [0.2, 0.25) is 0 Å². The fourth-order valence-corrected chi connectivity index (χ4v) is 2.60. The zero-order valence-corrected chi connectivity index (χ0v) is 11.0. The lowest BCUT2D eigenvalue weighted by Gasteiger charge is -2.24. The van der Waals surface area contributed by atoms with Crippen molar-refractivity contribution in [1.82, 2.24) is 9.80 Å². The van der Waals surface area contributed by atoms with Gasteiger partial charge in [-0.3, -0.25) is 4.90 Å². The van der Waals surface area contributed by atoms with Crippen LogP contribution >= 0.6 is 0 Å². The summed E-state index contributed by atoms with van der Waals surface area (Å²) in [5, 5.41) is 0. The molecule has 0 aliphatic carbocycles. The van der Waals surface area contributed by atoms with E-state index in [0.717, 1.165) is 31.7 Å². The van der Waals surface area contributed by atoms with E-state index >= 15 is 0 Å². The Kier molecular flexibility index (Phi) is 4.69. The maximum atomic E-state index is 13.1. The fraction of sp³-hybridized carbons (Fsp3) is 0.571. The van der Waals surface area contributed by atoms with Crippen molar-refractivity contribution in [2.45, 2.75) is 19.0 Å². The van der Waals surface area contributed by atoms with Crippen molar-refractivity contribution < 1.29 is 4.39 Å². The van der Waals surface area contributed by atoms with E-state index in [-0.39, 0.29) is 5.82 Å². The molecule has 1 unspecified atom stereocenters. The largest absolute Gasteiger partial charge is 0.329 e. The Balaban J connectivity index is 1.86. The maximum Gasteiger partial charge on any atom is 0.123 e. The first-order valence-electron chi connectivity index (χ1n) is 6.56. The van der Waals surface area contributed by atoms with Gasteiger partial charge in [-0.15, -0.1) is 0 Å². The zero-order valence-electron chi connectivity index (χ0n) is 11.0. The lowest BCUT2D eigenvalue weighted by molar-refractivity contribution is 0.234. The predicted molar refractivity (Wildman–Crippen MR) is 71.8 cm³/mol. The highest BCUT2D eigenvalue weighted by atomic mass is 19.1. The summed E-state index contributed by atoms with van der Waals surface area (Å²) in [5.41, 5.74) is 6.63. The van der Waals surface area contributed by atoms with E-state index in [2.05, 4.69) is 16.8 Å². The van der Waals surface area contributed by atoms with Crippen molar-refractivity contribution in [2.75, 3.05) is 33.2 Å². The van der Waals surface area contributed by atoms with Crippen molar-refractivity contribution in [1.29, 1.82) is 0 Å². The Hall–Kier alpha value is -0.970. The number of nitrogens with two attached hydrogens (primary N) is 1. The molecule has 1 heterocycles. The van der Waals surface area contributed by atoms with Gasteiger partial charge in [0.05, 0.1) is 0 Å². The Bertz CT molecular complexity index is 383. The smallest absolute Gasteiger partial charge is 0.123 e. The number of hydrogen-bond donors (Lipinski definition) is 1. The minimum Gasteiger partial charge on any atom is -0.329 e. The summed E-state index contributed by atoms with van der Waals surface area (Å²) in [6.45, 7) is 4.61. The van der Waals surface area contributed by atoms with Gasteiger partial charge in [-0.25, -0.2) is 4.39 Å². The second-order valence-corrected chi connectivity index (χ2v) is 5.08. The molecular weight excluding hydrogens is 229 g/mol. The van der Waals surface area contributed by atoms with Gasteiger partial charge >= 0.3 is 0 Å². The normalized spacial score (nSPS) is 20.8. The monoisotopic (exact) mass is 251 g/mol. The first-order chi connectivity index (χ1) is 8.69. The number of hydrogen-bond acceptors (Lipinski definition) is 3. The molecule has 100 valence electrons. The minimum atomic E-state index is -0.150. The summed E-state index contributed by atoms with van der Waals surface area (Å²) in [4.78, 5) is 4.71. The van der Waals surface area contributed by atoms with Crippen LogP contribution in [0.25, 0.3) is 0 Å². The molecule has 2 N–H and O–H groups in total. The summed E-state index contributed by atoms with van der Waals surface area (Å²) >= 11 is 0. The first-order valence-corrected chi connectivity index (χ1v) is 6.56. The van der Waals surface area contributed by atoms with Crippen molar-refractivity contribution in [2.24, 2.45) is 5.73 Å². The van der Waals surface area contributed by atoms with Crippen molar-refractivity contribution in [3.63, 3.8) is 0 Å². The molecule has 4 heteroatoms. The van der Waals surface area contributed by atoms with Crippen LogP contribution in [0.5, 0.6) is 0 Å². The number of benzene rings is 1. The van der Waals surface area contributed by atoms with Gasteiger partial charge in [0, 0.05) is 38.8 Å². The molecule has 0 aromatic heterocycles. The van der Waals surface area contributed by atoms with Gasteiger partial charge in [-0.2, -0.15) is 0 Å². The molecule has 1 aromatic rings. The molecule has 0 bridgehead atoms. The van der Waals surface area contributed by atoms with E-state index in [4.69, 9.17) is 5.73 Å². The molecule has 0 spiro atoms. The van der Waals surface area contributed by atoms with Crippen molar-refractivity contribution in [3.05, 3.63) is 35.6 Å². The highest BCUT2D eigenvalue weighted by Crippen LogP contribution is 2.17. The van der Waals surface area contributed by atoms with Crippen LogP contribution in [-0.4, -0.2) is 49.1 Å². The van der Waals surface area contributed by atoms with E-state index in [1.165, 1.54) is 12.5 Å². The van der Waals surface area contributed by atoms with Crippen LogP contribution < -0.4 is 5.73 Å². The fourth-order valence-electron chi connectivity index (χ4n) is 2.60. The van der Waals surface area contributed by atoms with Crippen LogP contribution in [-0.2, 0) is 6.54 Å². The topological polar surface area (TPSA) is 32.5 Å². The highest BCUT2D eigenvalue weighted by molar-refractivity contribution is 5.16. The maximum absolute atomic E-state index is 13.1. The summed E-state index contributed by atoms with van der Waals surface area (Å²) < 4.78 is 13.1. The lowest BCUT2D eigenvalue weighted by Crippen LogP contribution is -2.37. The third-order valence-electron chi connectivity index (χ3n) is 3.65.